The highest BCUT2D eigenvalue weighted by Crippen LogP contribution is 2.37. The summed E-state index contributed by atoms with van der Waals surface area (Å²) in [6.07, 6.45) is 3.01. The van der Waals surface area contributed by atoms with Gasteiger partial charge in [0.05, 0.1) is 24.9 Å². The average molecular weight is 302 g/mol. The molecular formula is C15H15FN4O2. The number of aromatic nitrogens is 3. The van der Waals surface area contributed by atoms with Crippen LogP contribution in [0.1, 0.15) is 6.04 Å². The molecular weight excluding hydrogens is 287 g/mol. The summed E-state index contributed by atoms with van der Waals surface area (Å²) in [6.45, 7) is 1.88. The topological polar surface area (TPSA) is 63.6 Å². The number of aldehydes is 1. The molecule has 2 fully saturated rings. The van der Waals surface area contributed by atoms with Crippen molar-refractivity contribution in [3.8, 4) is 11.3 Å². The minimum absolute atomic E-state index is 0.0357. The Morgan fingerprint density at radius 1 is 1.41 bits per heavy atom. The number of likely N-dealkylation sites (tertiary alicyclic amines) is 1. The maximum atomic E-state index is 13.3. The smallest absolute Gasteiger partial charge is 0.133 e. The van der Waals surface area contributed by atoms with E-state index in [9.17, 15) is 9.18 Å². The summed E-state index contributed by atoms with van der Waals surface area (Å²) in [4.78, 5) is 12.8. The molecule has 6 nitrogen and oxygen atoms in total. The normalized spacial score (nSPS) is 27.4. The molecule has 2 saturated heterocycles. The Balaban J connectivity index is 1.57. The number of hydrogen-bond acceptors (Lipinski definition) is 5. The lowest BCUT2D eigenvalue weighted by atomic mass is 10.1. The van der Waals surface area contributed by atoms with Crippen LogP contribution in [0.25, 0.3) is 11.3 Å². The van der Waals surface area contributed by atoms with Gasteiger partial charge in [-0.05, 0) is 12.1 Å². The second-order valence-electron chi connectivity index (χ2n) is 5.69. The van der Waals surface area contributed by atoms with Crippen LogP contribution in [0.15, 0.2) is 30.5 Å². The minimum Gasteiger partial charge on any atom is -0.366 e. The van der Waals surface area contributed by atoms with Crippen LogP contribution in [0.2, 0.25) is 0 Å². The summed E-state index contributed by atoms with van der Waals surface area (Å²) in [5.41, 5.74) is 1.32. The zero-order valence-corrected chi connectivity index (χ0v) is 11.8. The van der Waals surface area contributed by atoms with Crippen molar-refractivity contribution < 1.29 is 13.9 Å². The van der Waals surface area contributed by atoms with E-state index in [2.05, 4.69) is 15.2 Å². The molecule has 2 aliphatic heterocycles. The Bertz CT molecular complexity index is 704. The number of piperidine rings is 1. The van der Waals surface area contributed by atoms with Gasteiger partial charge in [0, 0.05) is 18.7 Å². The number of ether oxygens (including phenoxy) is 1. The van der Waals surface area contributed by atoms with E-state index in [4.69, 9.17) is 4.74 Å². The zero-order chi connectivity index (χ0) is 15.1. The van der Waals surface area contributed by atoms with Crippen LogP contribution in [0.4, 0.5) is 4.39 Å². The van der Waals surface area contributed by atoms with Gasteiger partial charge in [0.25, 0.3) is 0 Å². The van der Waals surface area contributed by atoms with Gasteiger partial charge in [-0.3, -0.25) is 4.90 Å². The van der Waals surface area contributed by atoms with Crippen molar-refractivity contribution in [1.29, 1.82) is 0 Å². The lowest BCUT2D eigenvalue weighted by Crippen LogP contribution is -2.42. The van der Waals surface area contributed by atoms with Crippen LogP contribution in [-0.4, -0.2) is 58.0 Å². The largest absolute Gasteiger partial charge is 0.366 e. The molecule has 22 heavy (non-hydrogen) atoms. The van der Waals surface area contributed by atoms with Gasteiger partial charge < -0.3 is 9.53 Å². The first kappa shape index (κ1) is 13.5. The van der Waals surface area contributed by atoms with Crippen molar-refractivity contribution in [2.24, 2.45) is 0 Å². The van der Waals surface area contributed by atoms with E-state index in [0.29, 0.717) is 24.3 Å². The highest BCUT2D eigenvalue weighted by molar-refractivity contribution is 5.57. The summed E-state index contributed by atoms with van der Waals surface area (Å²) in [5.74, 6) is -0.299. The molecule has 4 rings (SSSR count). The monoisotopic (exact) mass is 302 g/mol. The maximum absolute atomic E-state index is 13.3. The highest BCUT2D eigenvalue weighted by atomic mass is 19.1. The third kappa shape index (κ3) is 2.42. The third-order valence-corrected chi connectivity index (χ3v) is 4.19. The summed E-state index contributed by atoms with van der Waals surface area (Å²) in [7, 11) is 0. The first-order valence-corrected chi connectivity index (χ1v) is 7.24. The van der Waals surface area contributed by atoms with Gasteiger partial charge in [-0.1, -0.05) is 17.3 Å². The Labute approximate surface area is 126 Å². The molecule has 0 aliphatic carbocycles. The fraction of sp³-hybridized carbons (Fsp3) is 0.400. The number of nitrogens with zero attached hydrogens (tertiary/aromatic N) is 4. The van der Waals surface area contributed by atoms with Gasteiger partial charge in [-0.15, -0.1) is 5.10 Å². The number of hydrogen-bond donors (Lipinski definition) is 0. The number of carbonyl (C=O) groups excluding carboxylic acids is 1. The molecule has 2 aromatic rings. The van der Waals surface area contributed by atoms with Crippen molar-refractivity contribution in [3.63, 3.8) is 0 Å². The first-order valence-electron chi connectivity index (χ1n) is 7.24. The van der Waals surface area contributed by atoms with Crippen LogP contribution in [0.3, 0.4) is 0 Å². The molecule has 3 heterocycles. The number of epoxide rings is 1. The van der Waals surface area contributed by atoms with Crippen molar-refractivity contribution in [1.82, 2.24) is 19.9 Å². The minimum atomic E-state index is -0.299. The molecule has 114 valence electrons. The molecule has 2 aliphatic rings. The first-order chi connectivity index (χ1) is 10.7. The standard InChI is InChI=1S/C15H15FN4O2/c16-11-3-1-2-10(6-11)12-7-20(18-17-12)13-8-19(4-5-21)9-14-15(13)22-14/h1-3,5-7,13-15H,4,8-9H2/t13-,14-,15+/m0/s1. The number of halogens is 1. The maximum Gasteiger partial charge on any atom is 0.133 e. The van der Waals surface area contributed by atoms with Crippen molar-refractivity contribution in [2.45, 2.75) is 18.2 Å². The van der Waals surface area contributed by atoms with Crippen molar-refractivity contribution in [2.75, 3.05) is 19.6 Å². The molecule has 0 amide bonds. The van der Waals surface area contributed by atoms with Crippen LogP contribution < -0.4 is 0 Å². The number of benzene rings is 1. The predicted octanol–water partition coefficient (Wildman–Crippen LogP) is 0.907. The van der Waals surface area contributed by atoms with Gasteiger partial charge >= 0.3 is 0 Å². The van der Waals surface area contributed by atoms with E-state index in [1.807, 2.05) is 6.20 Å². The number of fused-ring (bicyclic) bond motifs is 1. The van der Waals surface area contributed by atoms with Crippen LogP contribution in [0.5, 0.6) is 0 Å². The molecule has 3 atom stereocenters. The Kier molecular flexibility index (Phi) is 3.24. The summed E-state index contributed by atoms with van der Waals surface area (Å²) in [5, 5.41) is 8.30. The SMILES string of the molecule is O=CCN1C[C@@H]2O[C@@H]2[C@@H](n2cc(-c3cccc(F)c3)nn2)C1. The van der Waals surface area contributed by atoms with Gasteiger partial charge in [0.2, 0.25) is 0 Å². The molecule has 0 N–H and O–H groups in total. The predicted molar refractivity (Wildman–Crippen MR) is 75.6 cm³/mol. The lowest BCUT2D eigenvalue weighted by molar-refractivity contribution is -0.109. The molecule has 1 aromatic heterocycles. The van der Waals surface area contributed by atoms with Crippen LogP contribution in [-0.2, 0) is 9.53 Å². The van der Waals surface area contributed by atoms with Crippen molar-refractivity contribution in [3.05, 3.63) is 36.3 Å². The molecule has 0 unspecified atom stereocenters. The summed E-state index contributed by atoms with van der Waals surface area (Å²) in [6, 6.07) is 6.32. The molecule has 0 bridgehead atoms. The van der Waals surface area contributed by atoms with E-state index < -0.39 is 0 Å². The zero-order valence-electron chi connectivity index (χ0n) is 11.8. The second kappa shape index (κ2) is 5.26. The number of rotatable bonds is 4. The quantitative estimate of drug-likeness (QED) is 0.620. The van der Waals surface area contributed by atoms with Gasteiger partial charge in [-0.25, -0.2) is 9.07 Å². The Hall–Kier alpha value is -2.12. The summed E-state index contributed by atoms with van der Waals surface area (Å²) < 4.78 is 20.7. The third-order valence-electron chi connectivity index (χ3n) is 4.19. The molecule has 0 radical (unpaired) electrons. The molecule has 7 heteroatoms. The van der Waals surface area contributed by atoms with E-state index in [0.717, 1.165) is 12.8 Å². The average Bonchev–Trinajstić information content (AvgIpc) is 3.12. The fourth-order valence-electron chi connectivity index (χ4n) is 3.05. The van der Waals surface area contributed by atoms with Crippen molar-refractivity contribution >= 4 is 6.29 Å². The van der Waals surface area contributed by atoms with Crippen LogP contribution >= 0.6 is 0 Å². The fourth-order valence-corrected chi connectivity index (χ4v) is 3.05. The second-order valence-corrected chi connectivity index (χ2v) is 5.69. The van der Waals surface area contributed by atoms with E-state index in [1.165, 1.54) is 12.1 Å². The van der Waals surface area contributed by atoms with Crippen LogP contribution in [0, 0.1) is 5.82 Å². The summed E-state index contributed by atoms with van der Waals surface area (Å²) >= 11 is 0. The molecule has 0 saturated carbocycles. The lowest BCUT2D eigenvalue weighted by Gasteiger charge is -2.28. The van der Waals surface area contributed by atoms with Gasteiger partial charge in [-0.2, -0.15) is 0 Å². The highest BCUT2D eigenvalue weighted by Gasteiger charge is 2.51. The van der Waals surface area contributed by atoms with E-state index >= 15 is 0 Å². The van der Waals surface area contributed by atoms with E-state index in [1.54, 1.807) is 16.8 Å². The molecule has 0 spiro atoms. The van der Waals surface area contributed by atoms with Gasteiger partial charge in [0.1, 0.15) is 23.9 Å². The molecule has 1 aromatic carbocycles. The Morgan fingerprint density at radius 3 is 3.14 bits per heavy atom. The van der Waals surface area contributed by atoms with E-state index in [-0.39, 0.29) is 24.1 Å². The number of carbonyl (C=O) groups is 1. The Morgan fingerprint density at radius 2 is 2.32 bits per heavy atom. The van der Waals surface area contributed by atoms with Gasteiger partial charge in [0.15, 0.2) is 0 Å².